The first-order chi connectivity index (χ1) is 9.58. The SMILES string of the molecule is CSC(C)CCNC(=O)c1ccc(F)cc1C#CCN. The summed E-state index contributed by atoms with van der Waals surface area (Å²) in [5.74, 6) is 4.71. The van der Waals surface area contributed by atoms with Gasteiger partial charge in [-0.15, -0.1) is 0 Å². The van der Waals surface area contributed by atoms with Gasteiger partial charge in [-0.3, -0.25) is 4.79 Å². The minimum Gasteiger partial charge on any atom is -0.352 e. The van der Waals surface area contributed by atoms with E-state index in [1.165, 1.54) is 18.2 Å². The Morgan fingerprint density at radius 2 is 2.30 bits per heavy atom. The maximum absolute atomic E-state index is 13.2. The van der Waals surface area contributed by atoms with Gasteiger partial charge < -0.3 is 11.1 Å². The lowest BCUT2D eigenvalue weighted by molar-refractivity contribution is 0.0953. The van der Waals surface area contributed by atoms with Crippen molar-refractivity contribution in [1.29, 1.82) is 0 Å². The van der Waals surface area contributed by atoms with E-state index in [1.54, 1.807) is 11.8 Å². The van der Waals surface area contributed by atoms with Crippen molar-refractivity contribution in [2.75, 3.05) is 19.3 Å². The first-order valence-electron chi connectivity index (χ1n) is 6.38. The second-order valence-electron chi connectivity index (χ2n) is 4.29. The van der Waals surface area contributed by atoms with Gasteiger partial charge in [0.25, 0.3) is 5.91 Å². The maximum Gasteiger partial charge on any atom is 0.252 e. The molecule has 3 nitrogen and oxygen atoms in total. The highest BCUT2D eigenvalue weighted by atomic mass is 32.2. The van der Waals surface area contributed by atoms with Crippen LogP contribution in [-0.4, -0.2) is 30.5 Å². The highest BCUT2D eigenvalue weighted by Gasteiger charge is 2.11. The topological polar surface area (TPSA) is 55.1 Å². The van der Waals surface area contributed by atoms with Gasteiger partial charge in [0.1, 0.15) is 5.82 Å². The number of carbonyl (C=O) groups is 1. The molecular formula is C15H19FN2OS. The number of carbonyl (C=O) groups excluding carboxylic acids is 1. The van der Waals surface area contributed by atoms with Crippen LogP contribution in [0.5, 0.6) is 0 Å². The minimum atomic E-state index is -0.418. The van der Waals surface area contributed by atoms with Crippen LogP contribution in [0.3, 0.4) is 0 Å². The van der Waals surface area contributed by atoms with Crippen LogP contribution in [0.25, 0.3) is 0 Å². The molecule has 0 heterocycles. The van der Waals surface area contributed by atoms with E-state index < -0.39 is 5.82 Å². The van der Waals surface area contributed by atoms with E-state index in [-0.39, 0.29) is 12.5 Å². The number of nitrogens with two attached hydrogens (primary N) is 1. The van der Waals surface area contributed by atoms with Crippen LogP contribution in [0.4, 0.5) is 4.39 Å². The number of hydrogen-bond acceptors (Lipinski definition) is 3. The average molecular weight is 294 g/mol. The van der Waals surface area contributed by atoms with Gasteiger partial charge >= 0.3 is 0 Å². The molecule has 0 saturated carbocycles. The van der Waals surface area contributed by atoms with Crippen molar-refractivity contribution in [3.8, 4) is 11.8 Å². The maximum atomic E-state index is 13.2. The van der Waals surface area contributed by atoms with Crippen molar-refractivity contribution in [1.82, 2.24) is 5.32 Å². The molecule has 5 heteroatoms. The molecular weight excluding hydrogens is 275 g/mol. The van der Waals surface area contributed by atoms with Crippen molar-refractivity contribution >= 4 is 17.7 Å². The standard InChI is InChI=1S/C15H19FN2OS/c1-11(20-2)7-9-18-15(19)14-6-5-13(16)10-12(14)4-3-8-17/h5-6,10-11H,7-9,17H2,1-2H3,(H,18,19). The quantitative estimate of drug-likeness (QED) is 0.817. The van der Waals surface area contributed by atoms with Crippen LogP contribution in [0.15, 0.2) is 18.2 Å². The number of hydrogen-bond donors (Lipinski definition) is 2. The molecule has 0 aromatic heterocycles. The second kappa shape index (κ2) is 8.62. The van der Waals surface area contributed by atoms with Gasteiger partial charge in [-0.25, -0.2) is 4.39 Å². The summed E-state index contributed by atoms with van der Waals surface area (Å²) in [5, 5.41) is 3.31. The second-order valence-corrected chi connectivity index (χ2v) is 5.56. The Morgan fingerprint density at radius 3 is 2.95 bits per heavy atom. The van der Waals surface area contributed by atoms with Gasteiger partial charge in [0, 0.05) is 17.4 Å². The third kappa shape index (κ3) is 5.24. The van der Waals surface area contributed by atoms with Crippen LogP contribution in [0, 0.1) is 17.7 Å². The Kier molecular flexibility index (Phi) is 7.13. The fraction of sp³-hybridized carbons (Fsp3) is 0.400. The fourth-order valence-corrected chi connectivity index (χ4v) is 1.92. The molecule has 0 saturated heterocycles. The first kappa shape index (κ1) is 16.5. The van der Waals surface area contributed by atoms with E-state index in [9.17, 15) is 9.18 Å². The average Bonchev–Trinajstić information content (AvgIpc) is 2.44. The number of thioether (sulfide) groups is 1. The normalized spacial score (nSPS) is 11.4. The van der Waals surface area contributed by atoms with Crippen molar-refractivity contribution in [3.63, 3.8) is 0 Å². The highest BCUT2D eigenvalue weighted by Crippen LogP contribution is 2.11. The Labute approximate surface area is 123 Å². The van der Waals surface area contributed by atoms with Gasteiger partial charge in [-0.05, 0) is 30.9 Å². The summed E-state index contributed by atoms with van der Waals surface area (Å²) < 4.78 is 13.2. The zero-order valence-electron chi connectivity index (χ0n) is 11.7. The van der Waals surface area contributed by atoms with E-state index in [0.29, 0.717) is 22.9 Å². The molecule has 1 aromatic carbocycles. The third-order valence-electron chi connectivity index (χ3n) is 2.79. The van der Waals surface area contributed by atoms with Crippen LogP contribution in [0.2, 0.25) is 0 Å². The lowest BCUT2D eigenvalue weighted by Crippen LogP contribution is -2.26. The Morgan fingerprint density at radius 1 is 1.55 bits per heavy atom. The third-order valence-corrected chi connectivity index (χ3v) is 3.83. The largest absolute Gasteiger partial charge is 0.352 e. The predicted octanol–water partition coefficient (Wildman–Crippen LogP) is 2.01. The molecule has 3 N–H and O–H groups in total. The Bertz CT molecular complexity index is 522. The van der Waals surface area contributed by atoms with Gasteiger partial charge in [-0.2, -0.15) is 11.8 Å². The molecule has 0 bridgehead atoms. The molecule has 20 heavy (non-hydrogen) atoms. The number of amides is 1. The Balaban J connectivity index is 2.76. The molecule has 1 rings (SSSR count). The van der Waals surface area contributed by atoms with Crippen LogP contribution < -0.4 is 11.1 Å². The molecule has 0 aliphatic rings. The van der Waals surface area contributed by atoms with Gasteiger partial charge in [-0.1, -0.05) is 18.8 Å². The van der Waals surface area contributed by atoms with E-state index in [4.69, 9.17) is 5.73 Å². The number of halogens is 1. The molecule has 0 spiro atoms. The first-order valence-corrected chi connectivity index (χ1v) is 7.66. The number of rotatable bonds is 5. The zero-order valence-corrected chi connectivity index (χ0v) is 12.5. The summed E-state index contributed by atoms with van der Waals surface area (Å²) >= 11 is 1.75. The summed E-state index contributed by atoms with van der Waals surface area (Å²) in [6.45, 7) is 2.86. The minimum absolute atomic E-state index is 0.169. The summed E-state index contributed by atoms with van der Waals surface area (Å²) in [6, 6.07) is 3.96. The molecule has 0 fully saturated rings. The molecule has 1 atom stereocenters. The van der Waals surface area contributed by atoms with Crippen molar-refractivity contribution in [2.24, 2.45) is 5.73 Å². The monoisotopic (exact) mass is 294 g/mol. The van der Waals surface area contributed by atoms with Crippen molar-refractivity contribution < 1.29 is 9.18 Å². The fourth-order valence-electron chi connectivity index (χ4n) is 1.57. The molecule has 108 valence electrons. The zero-order chi connectivity index (χ0) is 15.0. The van der Waals surface area contributed by atoms with Crippen molar-refractivity contribution in [3.05, 3.63) is 35.1 Å². The van der Waals surface area contributed by atoms with Crippen LogP contribution >= 0.6 is 11.8 Å². The van der Waals surface area contributed by atoms with Gasteiger partial charge in [0.15, 0.2) is 0 Å². The van der Waals surface area contributed by atoms with E-state index in [2.05, 4.69) is 24.1 Å². The van der Waals surface area contributed by atoms with Crippen molar-refractivity contribution in [2.45, 2.75) is 18.6 Å². The van der Waals surface area contributed by atoms with Crippen LogP contribution in [-0.2, 0) is 0 Å². The predicted molar refractivity (Wildman–Crippen MR) is 82.3 cm³/mol. The molecule has 1 aromatic rings. The Hall–Kier alpha value is -1.51. The van der Waals surface area contributed by atoms with E-state index >= 15 is 0 Å². The molecule has 0 aliphatic heterocycles. The summed E-state index contributed by atoms with van der Waals surface area (Å²) in [7, 11) is 0. The smallest absolute Gasteiger partial charge is 0.252 e. The van der Waals surface area contributed by atoms with E-state index in [0.717, 1.165) is 6.42 Å². The van der Waals surface area contributed by atoms with Gasteiger partial charge in [0.2, 0.25) is 0 Å². The van der Waals surface area contributed by atoms with E-state index in [1.807, 2.05) is 6.26 Å². The molecule has 0 aliphatic carbocycles. The van der Waals surface area contributed by atoms with Gasteiger partial charge in [0.05, 0.1) is 12.1 Å². The summed E-state index contributed by atoms with van der Waals surface area (Å²) in [4.78, 5) is 12.1. The summed E-state index contributed by atoms with van der Waals surface area (Å²) in [6.07, 6.45) is 2.92. The summed E-state index contributed by atoms with van der Waals surface area (Å²) in [5.41, 5.74) is 6.04. The number of benzene rings is 1. The van der Waals surface area contributed by atoms with Crippen LogP contribution in [0.1, 0.15) is 29.3 Å². The lowest BCUT2D eigenvalue weighted by Gasteiger charge is -2.10. The molecule has 0 radical (unpaired) electrons. The molecule has 1 unspecified atom stereocenters. The number of nitrogens with one attached hydrogen (secondary N) is 1. The molecule has 1 amide bonds. The highest BCUT2D eigenvalue weighted by molar-refractivity contribution is 7.99. The lowest BCUT2D eigenvalue weighted by atomic mass is 10.1.